The van der Waals surface area contributed by atoms with E-state index in [4.69, 9.17) is 35.4 Å². The predicted octanol–water partition coefficient (Wildman–Crippen LogP) is -5.03. The van der Waals surface area contributed by atoms with Crippen LogP contribution in [0.1, 0.15) is 0 Å². The first-order valence-corrected chi connectivity index (χ1v) is 6.40. The Labute approximate surface area is 102 Å². The standard InChI is InChI=1S/2Cr.NO3.H3NO.Ni.H2O.6O/c;;2-1(3)4;1-2;;;;;;;;/h;;;1H3;;1H2;;;;;;/q;+2;-1;;+2;;;;;;2*-1/p-1. The van der Waals surface area contributed by atoms with Gasteiger partial charge in [0.25, 0.3) is 0 Å². The Morgan fingerprint density at radius 3 is 1.19 bits per heavy atom. The first kappa shape index (κ1) is 24.8. The zero-order valence-corrected chi connectivity index (χ0v) is 10.4. The fraction of sp³-hybridized carbons (Fsp3) is 0. The van der Waals surface area contributed by atoms with Gasteiger partial charge in [-0.05, 0) is 0 Å². The average Bonchev–Trinajstić information content (AvgIpc) is 1.80. The second-order valence-corrected chi connectivity index (χ2v) is 4.16. The molecule has 0 radical (unpaired) electrons. The molecule has 0 aromatic carbocycles. The Balaban J connectivity index is -0.0000000668. The van der Waals surface area contributed by atoms with Gasteiger partial charge in [0, 0.05) is 0 Å². The van der Waals surface area contributed by atoms with E-state index in [1.54, 1.807) is 0 Å². The summed E-state index contributed by atoms with van der Waals surface area (Å²) in [7, 11) is 0. The van der Waals surface area contributed by atoms with Crippen LogP contribution in [0, 0.1) is 15.3 Å². The Bertz CT molecular complexity index is 339. The molecule has 0 aromatic heterocycles. The molecule has 0 aliphatic carbocycles. The number of hydrogen-bond acceptors (Lipinski definition) is 10. The van der Waals surface area contributed by atoms with Crippen molar-refractivity contribution in [2.75, 3.05) is 0 Å². The normalized spacial score (nSPS) is 9.50. The molecule has 4 N–H and O–H groups in total. The molecular weight excluding hydrogens is 367 g/mol. The van der Waals surface area contributed by atoms with Gasteiger partial charge in [0.2, 0.25) is 0 Å². The van der Waals surface area contributed by atoms with E-state index in [0.29, 0.717) is 0 Å². The van der Waals surface area contributed by atoms with Gasteiger partial charge in [0.05, 0.1) is 5.09 Å². The van der Waals surface area contributed by atoms with Crippen molar-refractivity contribution >= 4 is 0 Å². The number of hydrogen-bond donors (Lipinski definition) is 2. The Morgan fingerprint density at radius 1 is 1.12 bits per heavy atom. The molecule has 0 aliphatic rings. The van der Waals surface area contributed by atoms with Crippen LogP contribution in [0.5, 0.6) is 0 Å². The van der Waals surface area contributed by atoms with E-state index in [1.807, 2.05) is 0 Å². The van der Waals surface area contributed by atoms with E-state index in [-0.39, 0.29) is 16.5 Å². The van der Waals surface area contributed by atoms with E-state index < -0.39 is 32.3 Å². The Morgan fingerprint density at radius 2 is 1.19 bits per heavy atom. The monoisotopic (exact) mass is 370 g/mol. The second kappa shape index (κ2) is 11.2. The molecule has 16 heavy (non-hydrogen) atoms. The van der Waals surface area contributed by atoms with E-state index in [9.17, 15) is 7.61 Å². The fourth-order valence-corrected chi connectivity index (χ4v) is 0. The van der Waals surface area contributed by atoms with Gasteiger partial charge in [0.1, 0.15) is 0 Å². The van der Waals surface area contributed by atoms with Crippen LogP contribution in [0.25, 0.3) is 0 Å². The first-order chi connectivity index (χ1) is 6.29. The van der Waals surface area contributed by atoms with Crippen molar-refractivity contribution < 1.29 is 86.3 Å². The van der Waals surface area contributed by atoms with E-state index in [0.717, 1.165) is 0 Å². The van der Waals surface area contributed by atoms with Crippen molar-refractivity contribution in [3.8, 4) is 0 Å². The molecule has 0 rings (SSSR count). The molecule has 0 heterocycles. The van der Waals surface area contributed by atoms with Gasteiger partial charge in [-0.2, -0.15) is 0 Å². The molecule has 0 saturated carbocycles. The maximum absolute atomic E-state index is 9.34. The number of nitrogens with zero attached hydrogens (tertiary/aromatic N) is 1. The van der Waals surface area contributed by atoms with Crippen LogP contribution >= 0.6 is 0 Å². The van der Waals surface area contributed by atoms with Crippen LogP contribution in [-0.2, 0) is 62.8 Å². The van der Waals surface area contributed by atoms with Gasteiger partial charge in [0.15, 0.2) is 0 Å². The second-order valence-electron chi connectivity index (χ2n) is 1.18. The zero-order valence-electron chi connectivity index (χ0n) is 6.82. The number of rotatable bonds is 1. The molecule has 0 fully saturated rings. The summed E-state index contributed by atoms with van der Waals surface area (Å²) in [6.07, 6.45) is 0. The SMILES string of the molecule is O=[N+]([O-])[O-].[NH3+][O][Cr](=[O])(=[O])[OH].[Ni+2].[O]=[Cr](=[O])([O-])[O-]. The maximum atomic E-state index is 9.34. The van der Waals surface area contributed by atoms with Gasteiger partial charge < -0.3 is 15.3 Å². The van der Waals surface area contributed by atoms with Gasteiger partial charge in [-0.15, -0.1) is 0 Å². The van der Waals surface area contributed by atoms with Crippen LogP contribution in [0.2, 0.25) is 0 Å². The van der Waals surface area contributed by atoms with E-state index >= 15 is 0 Å². The molecule has 102 valence electrons. The van der Waals surface area contributed by atoms with Gasteiger partial charge in [-0.1, -0.05) is 0 Å². The summed E-state index contributed by atoms with van der Waals surface area (Å²) in [4.78, 5) is 8.25. The molecule has 0 aromatic rings. The van der Waals surface area contributed by atoms with Crippen molar-refractivity contribution in [3.05, 3.63) is 15.3 Å². The molecule has 0 aliphatic heterocycles. The third-order valence-electron chi connectivity index (χ3n) is 0.149. The predicted molar refractivity (Wildman–Crippen MR) is 19.3 cm³/mol. The van der Waals surface area contributed by atoms with Crippen molar-refractivity contribution in [1.29, 1.82) is 0 Å². The Kier molecular flexibility index (Phi) is 17.5. The van der Waals surface area contributed by atoms with Crippen molar-refractivity contribution in [1.82, 2.24) is 0 Å². The van der Waals surface area contributed by atoms with Gasteiger partial charge in [-0.25, -0.2) is 0 Å². The molecule has 0 bridgehead atoms. The molecular formula is H4Cr2N2NiO11. The summed E-state index contributed by atoms with van der Waals surface area (Å²) in [6.45, 7) is 0. The third-order valence-corrected chi connectivity index (χ3v) is 0.614. The fourth-order valence-electron chi connectivity index (χ4n) is 0. The molecule has 0 atom stereocenters. The van der Waals surface area contributed by atoms with Crippen molar-refractivity contribution in [3.63, 3.8) is 0 Å². The molecule has 0 saturated heterocycles. The zero-order chi connectivity index (χ0) is 13.3. The summed E-state index contributed by atoms with van der Waals surface area (Å²) in [6, 6.07) is 0. The summed E-state index contributed by atoms with van der Waals surface area (Å²) in [5.41, 5.74) is 0. The van der Waals surface area contributed by atoms with E-state index in [2.05, 4.69) is 9.79 Å². The van der Waals surface area contributed by atoms with Crippen molar-refractivity contribution in [2.24, 2.45) is 0 Å². The summed E-state index contributed by atoms with van der Waals surface area (Å²) in [5, 5.41) is 14.8. The summed E-state index contributed by atoms with van der Waals surface area (Å²) in [5.74, 6) is 2.45. The van der Waals surface area contributed by atoms with Gasteiger partial charge >= 0.3 is 81.2 Å². The Hall–Kier alpha value is -0.242. The van der Waals surface area contributed by atoms with Crippen LogP contribution < -0.4 is 14.2 Å². The average molecular weight is 371 g/mol. The quantitative estimate of drug-likeness (QED) is 0.251. The minimum absolute atomic E-state index is 0. The van der Waals surface area contributed by atoms with Crippen LogP contribution in [0.4, 0.5) is 0 Å². The minimum atomic E-state index is -5.75. The van der Waals surface area contributed by atoms with Crippen LogP contribution in [0.3, 0.4) is 0 Å². The van der Waals surface area contributed by atoms with Gasteiger partial charge in [-0.3, -0.25) is 0 Å². The van der Waals surface area contributed by atoms with Crippen LogP contribution in [0.15, 0.2) is 0 Å². The number of quaternary nitrogens is 1. The van der Waals surface area contributed by atoms with Crippen LogP contribution in [-0.4, -0.2) is 9.24 Å². The third kappa shape index (κ3) is 294. The van der Waals surface area contributed by atoms with E-state index in [1.165, 1.54) is 0 Å². The first-order valence-electron chi connectivity index (χ1n) is 2.19. The molecule has 0 spiro atoms. The van der Waals surface area contributed by atoms with Crippen molar-refractivity contribution in [2.45, 2.75) is 0 Å². The molecule has 13 nitrogen and oxygen atoms in total. The molecule has 0 amide bonds. The summed E-state index contributed by atoms with van der Waals surface area (Å²) < 4.78 is 63.9. The molecule has 0 unspecified atom stereocenters. The topological polar surface area (TPSA) is 238 Å². The summed E-state index contributed by atoms with van der Waals surface area (Å²) >= 11 is -10.6. The molecule has 16 heteroatoms.